The molecule has 0 bridgehead atoms. The van der Waals surface area contributed by atoms with Crippen molar-refractivity contribution in [1.29, 1.82) is 0 Å². The number of ketones is 1. The van der Waals surface area contributed by atoms with E-state index in [1.54, 1.807) is 0 Å². The van der Waals surface area contributed by atoms with Crippen LogP contribution in [0.15, 0.2) is 53.7 Å². The first-order chi connectivity index (χ1) is 14.5. The molecule has 0 aliphatic rings. The van der Waals surface area contributed by atoms with Crippen LogP contribution in [0.5, 0.6) is 0 Å². The number of hydrogen-bond acceptors (Lipinski definition) is 5. The van der Waals surface area contributed by atoms with E-state index in [9.17, 15) is 9.59 Å². The van der Waals surface area contributed by atoms with Gasteiger partial charge in [-0.3, -0.25) is 9.59 Å². The fraction of sp³-hybridized carbons (Fsp3) is 0.304. The topological polar surface area (TPSA) is 76.9 Å². The lowest BCUT2D eigenvalue weighted by Crippen LogP contribution is -2.21. The zero-order chi connectivity index (χ0) is 21.5. The van der Waals surface area contributed by atoms with Crippen molar-refractivity contribution in [3.63, 3.8) is 0 Å². The molecule has 3 rings (SSSR count). The van der Waals surface area contributed by atoms with Gasteiger partial charge in [-0.25, -0.2) is 0 Å². The van der Waals surface area contributed by atoms with Gasteiger partial charge < -0.3 is 9.88 Å². The van der Waals surface area contributed by atoms with Gasteiger partial charge in [0.2, 0.25) is 5.91 Å². The van der Waals surface area contributed by atoms with Gasteiger partial charge in [0, 0.05) is 31.6 Å². The smallest absolute Gasteiger partial charge is 0.216 e. The Morgan fingerprint density at radius 1 is 1.07 bits per heavy atom. The second-order valence-electron chi connectivity index (χ2n) is 7.18. The van der Waals surface area contributed by atoms with E-state index in [0.29, 0.717) is 17.9 Å². The quantitative estimate of drug-likeness (QED) is 0.322. The van der Waals surface area contributed by atoms with Crippen molar-refractivity contribution >= 4 is 23.5 Å². The van der Waals surface area contributed by atoms with E-state index in [1.807, 2.05) is 67.1 Å². The predicted molar refractivity (Wildman–Crippen MR) is 120 cm³/mol. The number of carbonyl (C=O) groups excluding carboxylic acids is 2. The van der Waals surface area contributed by atoms with Crippen molar-refractivity contribution in [2.45, 2.75) is 31.8 Å². The number of nitrogens with zero attached hydrogens (tertiary/aromatic N) is 3. The molecule has 0 aliphatic heterocycles. The van der Waals surface area contributed by atoms with E-state index in [2.05, 4.69) is 15.5 Å². The Labute approximate surface area is 181 Å². The third kappa shape index (κ3) is 5.57. The Morgan fingerprint density at radius 3 is 2.50 bits per heavy atom. The molecule has 0 spiro atoms. The van der Waals surface area contributed by atoms with Crippen LogP contribution in [0.25, 0.3) is 11.4 Å². The second kappa shape index (κ2) is 10.2. The minimum Gasteiger partial charge on any atom is -0.356 e. The van der Waals surface area contributed by atoms with Crippen molar-refractivity contribution in [3.05, 3.63) is 65.2 Å². The first kappa shape index (κ1) is 21.8. The number of thioether (sulfide) groups is 1. The molecular weight excluding hydrogens is 396 g/mol. The molecule has 3 aromatic rings. The van der Waals surface area contributed by atoms with E-state index in [1.165, 1.54) is 18.7 Å². The highest BCUT2D eigenvalue weighted by atomic mass is 32.2. The summed E-state index contributed by atoms with van der Waals surface area (Å²) in [5.74, 6) is 1.15. The minimum atomic E-state index is -0.0117. The Kier molecular flexibility index (Phi) is 7.41. The van der Waals surface area contributed by atoms with Gasteiger partial charge in [-0.15, -0.1) is 10.2 Å². The molecule has 0 atom stereocenters. The average Bonchev–Trinajstić information content (AvgIpc) is 3.10. The maximum absolute atomic E-state index is 12.6. The standard InChI is InChI=1S/C23H26N4O2S/c1-16-7-4-5-9-20(16)22-25-26-23(27(22)3)30-15-21(29)19-12-10-18(11-13-19)8-6-14-24-17(2)28/h4-5,7,9-13H,6,8,14-15H2,1-3H3,(H,24,28). The molecule has 0 aliphatic carbocycles. The highest BCUT2D eigenvalue weighted by Crippen LogP contribution is 2.25. The number of carbonyl (C=O) groups is 2. The number of hydrogen-bond donors (Lipinski definition) is 1. The van der Waals surface area contributed by atoms with E-state index >= 15 is 0 Å². The van der Waals surface area contributed by atoms with Crippen LogP contribution < -0.4 is 5.32 Å². The van der Waals surface area contributed by atoms with Crippen molar-refractivity contribution in [3.8, 4) is 11.4 Å². The van der Waals surface area contributed by atoms with Gasteiger partial charge >= 0.3 is 0 Å². The number of benzene rings is 2. The molecule has 1 amide bonds. The zero-order valence-corrected chi connectivity index (χ0v) is 18.3. The summed E-state index contributed by atoms with van der Waals surface area (Å²) in [6.07, 6.45) is 1.74. The predicted octanol–water partition coefficient (Wildman–Crippen LogP) is 3.83. The molecule has 1 N–H and O–H groups in total. The lowest BCUT2D eigenvalue weighted by atomic mass is 10.1. The molecule has 0 saturated heterocycles. The maximum Gasteiger partial charge on any atom is 0.216 e. The average molecular weight is 423 g/mol. The summed E-state index contributed by atoms with van der Waals surface area (Å²) < 4.78 is 1.93. The molecule has 0 fully saturated rings. The van der Waals surface area contributed by atoms with Gasteiger partial charge in [-0.05, 0) is 30.9 Å². The van der Waals surface area contributed by atoms with Crippen LogP contribution in [0, 0.1) is 6.92 Å². The van der Waals surface area contributed by atoms with E-state index in [0.717, 1.165) is 40.5 Å². The summed E-state index contributed by atoms with van der Waals surface area (Å²) in [5, 5.41) is 12.1. The van der Waals surface area contributed by atoms with Gasteiger partial charge in [0.25, 0.3) is 0 Å². The summed E-state index contributed by atoms with van der Waals surface area (Å²) in [6, 6.07) is 15.7. The van der Waals surface area contributed by atoms with Gasteiger partial charge in [-0.1, -0.05) is 60.3 Å². The lowest BCUT2D eigenvalue weighted by Gasteiger charge is -2.07. The molecule has 0 unspecified atom stereocenters. The minimum absolute atomic E-state index is 0.0117. The molecule has 0 saturated carbocycles. The van der Waals surface area contributed by atoms with Crippen LogP contribution in [0.1, 0.15) is 34.8 Å². The van der Waals surface area contributed by atoms with Gasteiger partial charge in [0.05, 0.1) is 5.75 Å². The summed E-state index contributed by atoms with van der Waals surface area (Å²) in [5.41, 5.74) is 4.02. The second-order valence-corrected chi connectivity index (χ2v) is 8.12. The molecule has 156 valence electrons. The van der Waals surface area contributed by atoms with E-state index < -0.39 is 0 Å². The number of aromatic nitrogens is 3. The summed E-state index contributed by atoms with van der Waals surface area (Å²) in [7, 11) is 1.92. The molecule has 7 heteroatoms. The van der Waals surface area contributed by atoms with Crippen molar-refractivity contribution in [2.75, 3.05) is 12.3 Å². The summed E-state index contributed by atoms with van der Waals surface area (Å²) >= 11 is 1.39. The van der Waals surface area contributed by atoms with Crippen molar-refractivity contribution in [1.82, 2.24) is 20.1 Å². The van der Waals surface area contributed by atoms with Gasteiger partial charge in [0.15, 0.2) is 16.8 Å². The Morgan fingerprint density at radius 2 is 1.80 bits per heavy atom. The normalized spacial score (nSPS) is 10.8. The fourth-order valence-corrected chi connectivity index (χ4v) is 3.93. The van der Waals surface area contributed by atoms with Crippen molar-refractivity contribution in [2.24, 2.45) is 7.05 Å². The van der Waals surface area contributed by atoms with Crippen LogP contribution in [-0.4, -0.2) is 38.8 Å². The molecular formula is C23H26N4O2S. The largest absolute Gasteiger partial charge is 0.356 e. The first-order valence-corrected chi connectivity index (χ1v) is 10.9. The highest BCUT2D eigenvalue weighted by Gasteiger charge is 2.15. The number of nitrogens with one attached hydrogen (secondary N) is 1. The molecule has 1 aromatic heterocycles. The number of rotatable bonds is 9. The molecule has 1 heterocycles. The summed E-state index contributed by atoms with van der Waals surface area (Å²) in [6.45, 7) is 4.22. The third-order valence-corrected chi connectivity index (χ3v) is 5.87. The molecule has 6 nitrogen and oxygen atoms in total. The lowest BCUT2D eigenvalue weighted by molar-refractivity contribution is -0.118. The SMILES string of the molecule is CC(=O)NCCCc1ccc(C(=O)CSc2nnc(-c3ccccc3C)n2C)cc1. The van der Waals surface area contributed by atoms with Crippen LogP contribution in [-0.2, 0) is 18.3 Å². The fourth-order valence-electron chi connectivity index (χ4n) is 3.13. The molecule has 0 radical (unpaired) electrons. The Balaban J connectivity index is 1.56. The van der Waals surface area contributed by atoms with E-state index in [-0.39, 0.29) is 11.7 Å². The monoisotopic (exact) mass is 422 g/mol. The van der Waals surface area contributed by atoms with Crippen molar-refractivity contribution < 1.29 is 9.59 Å². The summed E-state index contributed by atoms with van der Waals surface area (Å²) in [4.78, 5) is 23.5. The highest BCUT2D eigenvalue weighted by molar-refractivity contribution is 7.99. The van der Waals surface area contributed by atoms with Crippen LogP contribution in [0.2, 0.25) is 0 Å². The van der Waals surface area contributed by atoms with Crippen LogP contribution in [0.3, 0.4) is 0 Å². The third-order valence-electron chi connectivity index (χ3n) is 4.85. The van der Waals surface area contributed by atoms with Gasteiger partial charge in [0.1, 0.15) is 0 Å². The first-order valence-electron chi connectivity index (χ1n) is 9.90. The maximum atomic E-state index is 12.6. The number of Topliss-reactive ketones (excluding diaryl/α,β-unsaturated/α-hetero) is 1. The zero-order valence-electron chi connectivity index (χ0n) is 17.5. The molecule has 30 heavy (non-hydrogen) atoms. The molecule has 2 aromatic carbocycles. The van der Waals surface area contributed by atoms with Crippen LogP contribution in [0.4, 0.5) is 0 Å². The Bertz CT molecular complexity index is 1030. The van der Waals surface area contributed by atoms with E-state index in [4.69, 9.17) is 0 Å². The number of amides is 1. The van der Waals surface area contributed by atoms with Gasteiger partial charge in [-0.2, -0.15) is 0 Å². The van der Waals surface area contributed by atoms with Crippen LogP contribution >= 0.6 is 11.8 Å². The number of aryl methyl sites for hydroxylation is 2. The Hall–Kier alpha value is -2.93.